The van der Waals surface area contributed by atoms with E-state index in [9.17, 15) is 4.79 Å². The Labute approximate surface area is 122 Å². The second kappa shape index (κ2) is 5.36. The van der Waals surface area contributed by atoms with Crippen molar-refractivity contribution in [3.63, 3.8) is 0 Å². The predicted octanol–water partition coefficient (Wildman–Crippen LogP) is 2.75. The van der Waals surface area contributed by atoms with Crippen molar-refractivity contribution in [3.8, 4) is 11.4 Å². The van der Waals surface area contributed by atoms with Crippen LogP contribution in [-0.2, 0) is 11.2 Å². The molecule has 0 bridgehead atoms. The number of carbonyl (C=O) groups excluding carboxylic acids is 1. The average Bonchev–Trinajstić information content (AvgIpc) is 2.97. The van der Waals surface area contributed by atoms with Gasteiger partial charge in [0.05, 0.1) is 12.7 Å². The minimum Gasteiger partial charge on any atom is -0.465 e. The van der Waals surface area contributed by atoms with Crippen LogP contribution in [0.3, 0.4) is 0 Å². The van der Waals surface area contributed by atoms with Gasteiger partial charge in [0.2, 0.25) is 0 Å². The predicted molar refractivity (Wildman–Crippen MR) is 79.1 cm³/mol. The number of methoxy groups -OCH3 is 1. The van der Waals surface area contributed by atoms with Crippen molar-refractivity contribution >= 4 is 11.6 Å². The van der Waals surface area contributed by atoms with E-state index in [-0.39, 0.29) is 5.97 Å². The first-order chi connectivity index (χ1) is 10.2. The van der Waals surface area contributed by atoms with Gasteiger partial charge < -0.3 is 4.74 Å². The molecule has 0 aliphatic heterocycles. The molecule has 2 heterocycles. The maximum atomic E-state index is 11.6. The molecule has 0 spiro atoms. The van der Waals surface area contributed by atoms with Crippen LogP contribution >= 0.6 is 0 Å². The highest BCUT2D eigenvalue weighted by Gasteiger charge is 2.11. The molecule has 0 aliphatic carbocycles. The number of benzene rings is 1. The van der Waals surface area contributed by atoms with E-state index in [0.29, 0.717) is 17.0 Å². The van der Waals surface area contributed by atoms with Crippen molar-refractivity contribution in [1.29, 1.82) is 0 Å². The van der Waals surface area contributed by atoms with E-state index in [4.69, 9.17) is 4.74 Å². The minimum atomic E-state index is -0.377. The molecule has 3 rings (SSSR count). The molecule has 0 aliphatic rings. The van der Waals surface area contributed by atoms with Crippen molar-refractivity contribution in [3.05, 3.63) is 53.7 Å². The van der Waals surface area contributed by atoms with Gasteiger partial charge in [0, 0.05) is 11.8 Å². The molecule has 5 nitrogen and oxygen atoms in total. The first-order valence-corrected chi connectivity index (χ1v) is 6.75. The maximum Gasteiger partial charge on any atom is 0.339 e. The highest BCUT2D eigenvalue weighted by molar-refractivity contribution is 5.89. The smallest absolute Gasteiger partial charge is 0.339 e. The van der Waals surface area contributed by atoms with Crippen LogP contribution in [-0.4, -0.2) is 27.7 Å². The highest BCUT2D eigenvalue weighted by Crippen LogP contribution is 2.20. The van der Waals surface area contributed by atoms with Gasteiger partial charge in [-0.3, -0.25) is 4.40 Å². The number of hydrogen-bond donors (Lipinski definition) is 0. The number of fused-ring (bicyclic) bond motifs is 1. The molecular weight excluding hydrogens is 266 g/mol. The van der Waals surface area contributed by atoms with Gasteiger partial charge in [-0.05, 0) is 24.1 Å². The average molecular weight is 281 g/mol. The van der Waals surface area contributed by atoms with E-state index >= 15 is 0 Å². The quantitative estimate of drug-likeness (QED) is 0.693. The van der Waals surface area contributed by atoms with Crippen LogP contribution in [0.1, 0.15) is 22.8 Å². The van der Waals surface area contributed by atoms with E-state index in [2.05, 4.69) is 29.3 Å². The molecule has 2 aromatic heterocycles. The molecule has 21 heavy (non-hydrogen) atoms. The molecule has 0 atom stereocenters. The second-order valence-corrected chi connectivity index (χ2v) is 4.71. The molecule has 106 valence electrons. The Kier molecular flexibility index (Phi) is 3.39. The number of hydrogen-bond acceptors (Lipinski definition) is 4. The molecule has 0 N–H and O–H groups in total. The first kappa shape index (κ1) is 13.3. The van der Waals surface area contributed by atoms with E-state index in [1.165, 1.54) is 12.7 Å². The first-order valence-electron chi connectivity index (χ1n) is 6.75. The molecule has 0 unspecified atom stereocenters. The number of aryl methyl sites for hydroxylation is 1. The summed E-state index contributed by atoms with van der Waals surface area (Å²) in [7, 11) is 1.36. The summed E-state index contributed by atoms with van der Waals surface area (Å²) in [6.45, 7) is 2.12. The summed E-state index contributed by atoms with van der Waals surface area (Å²) >= 11 is 0. The van der Waals surface area contributed by atoms with Gasteiger partial charge in [-0.25, -0.2) is 4.79 Å². The molecule has 0 saturated carbocycles. The van der Waals surface area contributed by atoms with Crippen LogP contribution in [0.15, 0.2) is 42.6 Å². The number of carbonyl (C=O) groups is 1. The van der Waals surface area contributed by atoms with Gasteiger partial charge in [-0.1, -0.05) is 31.2 Å². The molecule has 1 aromatic carbocycles. The molecule has 0 amide bonds. The van der Waals surface area contributed by atoms with Gasteiger partial charge in [0.15, 0.2) is 11.5 Å². The Morgan fingerprint density at radius 3 is 2.57 bits per heavy atom. The van der Waals surface area contributed by atoms with Crippen LogP contribution in [0, 0.1) is 0 Å². The Balaban J connectivity index is 2.11. The van der Waals surface area contributed by atoms with Gasteiger partial charge in [0.25, 0.3) is 0 Å². The van der Waals surface area contributed by atoms with E-state index < -0.39 is 0 Å². The number of esters is 1. The van der Waals surface area contributed by atoms with Crippen molar-refractivity contribution in [2.24, 2.45) is 0 Å². The fourth-order valence-corrected chi connectivity index (χ4v) is 2.22. The Bertz CT molecular complexity index is 791. The number of nitrogens with zero attached hydrogens (tertiary/aromatic N) is 3. The Hall–Kier alpha value is -2.69. The lowest BCUT2D eigenvalue weighted by Gasteiger charge is -2.03. The number of rotatable bonds is 3. The number of pyridine rings is 1. The van der Waals surface area contributed by atoms with Crippen molar-refractivity contribution in [2.45, 2.75) is 13.3 Å². The van der Waals surface area contributed by atoms with Gasteiger partial charge in [-0.15, -0.1) is 10.2 Å². The van der Waals surface area contributed by atoms with Gasteiger partial charge in [-0.2, -0.15) is 0 Å². The summed E-state index contributed by atoms with van der Waals surface area (Å²) in [6.07, 6.45) is 2.69. The van der Waals surface area contributed by atoms with Crippen LogP contribution < -0.4 is 0 Å². The fraction of sp³-hybridized carbons (Fsp3) is 0.188. The molecule has 0 saturated heterocycles. The Morgan fingerprint density at radius 1 is 1.14 bits per heavy atom. The van der Waals surface area contributed by atoms with Gasteiger partial charge >= 0.3 is 5.97 Å². The zero-order valence-corrected chi connectivity index (χ0v) is 11.9. The molecule has 5 heteroatoms. The number of aromatic nitrogens is 3. The molecule has 3 aromatic rings. The molecule has 0 fully saturated rings. The second-order valence-electron chi connectivity index (χ2n) is 4.71. The standard InChI is InChI=1S/C16H15N3O2/c1-3-11-4-6-12(7-5-11)15-18-17-14-9-8-13(10-19(14)15)16(20)21-2/h4-10H,3H2,1-2H3. The van der Waals surface area contributed by atoms with Crippen LogP contribution in [0.4, 0.5) is 0 Å². The van der Waals surface area contributed by atoms with Crippen LogP contribution in [0.25, 0.3) is 17.0 Å². The van der Waals surface area contributed by atoms with E-state index in [1.54, 1.807) is 22.7 Å². The van der Waals surface area contributed by atoms with Crippen LogP contribution in [0.5, 0.6) is 0 Å². The van der Waals surface area contributed by atoms with Crippen molar-refractivity contribution in [1.82, 2.24) is 14.6 Å². The van der Waals surface area contributed by atoms with E-state index in [0.717, 1.165) is 12.0 Å². The van der Waals surface area contributed by atoms with Crippen molar-refractivity contribution in [2.75, 3.05) is 7.11 Å². The normalized spacial score (nSPS) is 10.8. The largest absolute Gasteiger partial charge is 0.465 e. The van der Waals surface area contributed by atoms with Crippen LogP contribution in [0.2, 0.25) is 0 Å². The summed E-state index contributed by atoms with van der Waals surface area (Å²) in [5.74, 6) is 0.330. The number of ether oxygens (including phenoxy) is 1. The third-order valence-electron chi connectivity index (χ3n) is 3.44. The third kappa shape index (κ3) is 2.38. The monoisotopic (exact) mass is 281 g/mol. The fourth-order valence-electron chi connectivity index (χ4n) is 2.22. The lowest BCUT2D eigenvalue weighted by Crippen LogP contribution is -2.03. The lowest BCUT2D eigenvalue weighted by molar-refractivity contribution is 0.0600. The maximum absolute atomic E-state index is 11.6. The molecule has 0 radical (unpaired) electrons. The summed E-state index contributed by atoms with van der Waals surface area (Å²) in [5, 5.41) is 8.33. The van der Waals surface area contributed by atoms with Gasteiger partial charge in [0.1, 0.15) is 0 Å². The molecular formula is C16H15N3O2. The Morgan fingerprint density at radius 2 is 1.90 bits per heavy atom. The lowest BCUT2D eigenvalue weighted by atomic mass is 10.1. The minimum absolute atomic E-state index is 0.377. The van der Waals surface area contributed by atoms with Crippen molar-refractivity contribution < 1.29 is 9.53 Å². The zero-order chi connectivity index (χ0) is 14.8. The zero-order valence-electron chi connectivity index (χ0n) is 11.9. The summed E-state index contributed by atoms with van der Waals surface area (Å²) < 4.78 is 6.54. The topological polar surface area (TPSA) is 56.5 Å². The van der Waals surface area contributed by atoms with E-state index in [1.807, 2.05) is 12.1 Å². The summed E-state index contributed by atoms with van der Waals surface area (Å²) in [4.78, 5) is 11.6. The summed E-state index contributed by atoms with van der Waals surface area (Å²) in [5.41, 5.74) is 3.39. The summed E-state index contributed by atoms with van der Waals surface area (Å²) in [6, 6.07) is 11.6. The SMILES string of the molecule is CCc1ccc(-c2nnc3ccc(C(=O)OC)cn23)cc1. The highest BCUT2D eigenvalue weighted by atomic mass is 16.5. The third-order valence-corrected chi connectivity index (χ3v) is 3.44.